The van der Waals surface area contributed by atoms with E-state index in [1.165, 1.54) is 6.08 Å². The number of esters is 1. The van der Waals surface area contributed by atoms with E-state index in [4.69, 9.17) is 4.74 Å². The van der Waals surface area contributed by atoms with Crippen molar-refractivity contribution in [3.8, 4) is 0 Å². The molecule has 7 atom stereocenters. The lowest BCUT2D eigenvalue weighted by Crippen LogP contribution is -2.34. The van der Waals surface area contributed by atoms with E-state index in [-0.39, 0.29) is 41.5 Å². The molecule has 0 aromatic rings. The molecular weight excluding hydrogens is 534 g/mol. The van der Waals surface area contributed by atoms with Gasteiger partial charge in [-0.15, -0.1) is 0 Å². The number of nitrogens with one attached hydrogen (secondary N) is 1. The minimum Gasteiger partial charge on any atom is -0.454 e. The zero-order valence-electron chi connectivity index (χ0n) is 26.1. The number of carbonyl (C=O) groups excluding carboxylic acids is 3. The van der Waals surface area contributed by atoms with E-state index in [0.717, 1.165) is 23.1 Å². The predicted octanol–water partition coefficient (Wildman–Crippen LogP) is 6.36. The summed E-state index contributed by atoms with van der Waals surface area (Å²) in [5, 5.41) is 13.6. The van der Waals surface area contributed by atoms with Gasteiger partial charge in [-0.25, -0.2) is 4.79 Å². The molecule has 1 rings (SSSR count). The average molecular weight is 586 g/mol. The standard InChI is InChI=1S/C34H51NO5S/c1-22(18-24(3)12-14-30-26(5)13-15-32(37)40-30)10-9-11-23(2)19-27(6)33(38)29(8)34(39)28(7)20-25(4)21-31(36)35-16-17-41/h9,11-15,18-19,21-22,26-30,34,39,41H,10,16-17,20H2,1-8H3,(H,35,36)/b11-9+,14-12+,23-19+,24-18-,25-21+/t22?,26-,27+,28-,29+,30?,34?/m0/s1. The number of ether oxygens (including phenoxy) is 1. The summed E-state index contributed by atoms with van der Waals surface area (Å²) in [4.78, 5) is 36.4. The third-order valence-corrected chi connectivity index (χ3v) is 7.45. The summed E-state index contributed by atoms with van der Waals surface area (Å²) in [5.74, 6) is -0.428. The van der Waals surface area contributed by atoms with Gasteiger partial charge in [0.25, 0.3) is 0 Å². The Kier molecular flexibility index (Phi) is 16.6. The Morgan fingerprint density at radius 1 is 1.10 bits per heavy atom. The Morgan fingerprint density at radius 2 is 1.76 bits per heavy atom. The SMILES string of the molecule is CC(=C/C(C)C/C=C/C(C)=C/[C@@H](C)C(=O)[C@@H](C)C(O)[C@@H](C)C/C(C)=C/C(=O)NCCS)/C=C/C1OC(=O)C=C[C@@H]1C. The fourth-order valence-corrected chi connectivity index (χ4v) is 4.98. The highest BCUT2D eigenvalue weighted by molar-refractivity contribution is 7.80. The van der Waals surface area contributed by atoms with Gasteiger partial charge in [0.15, 0.2) is 0 Å². The lowest BCUT2D eigenvalue weighted by atomic mass is 9.83. The molecule has 1 aliphatic rings. The van der Waals surface area contributed by atoms with E-state index in [9.17, 15) is 19.5 Å². The van der Waals surface area contributed by atoms with Crippen LogP contribution < -0.4 is 5.32 Å². The molecule has 0 aromatic heterocycles. The first kappa shape index (κ1) is 36.4. The van der Waals surface area contributed by atoms with E-state index < -0.39 is 12.0 Å². The van der Waals surface area contributed by atoms with Gasteiger partial charge < -0.3 is 15.2 Å². The molecule has 0 aromatic carbocycles. The van der Waals surface area contributed by atoms with Crippen molar-refractivity contribution in [2.45, 2.75) is 80.4 Å². The van der Waals surface area contributed by atoms with Crippen molar-refractivity contribution in [1.82, 2.24) is 5.32 Å². The smallest absolute Gasteiger partial charge is 0.331 e. The molecule has 1 heterocycles. The highest BCUT2D eigenvalue weighted by Gasteiger charge is 2.29. The quantitative estimate of drug-likeness (QED) is 0.0849. The number of carbonyl (C=O) groups is 3. The minimum absolute atomic E-state index is 0.00239. The Bertz CT molecular complexity index is 1070. The molecule has 2 N–H and O–H groups in total. The van der Waals surface area contributed by atoms with Crippen molar-refractivity contribution >= 4 is 30.3 Å². The van der Waals surface area contributed by atoms with Gasteiger partial charge in [-0.2, -0.15) is 12.6 Å². The van der Waals surface area contributed by atoms with E-state index >= 15 is 0 Å². The number of allylic oxidation sites excluding steroid dienone is 8. The number of hydrogen-bond donors (Lipinski definition) is 3. The van der Waals surface area contributed by atoms with Crippen molar-refractivity contribution in [2.75, 3.05) is 12.3 Å². The lowest BCUT2D eigenvalue weighted by Gasteiger charge is -2.25. The number of hydrogen-bond acceptors (Lipinski definition) is 6. The van der Waals surface area contributed by atoms with Crippen molar-refractivity contribution in [3.63, 3.8) is 0 Å². The molecule has 0 radical (unpaired) electrons. The second-order valence-corrected chi connectivity index (χ2v) is 12.0. The highest BCUT2D eigenvalue weighted by Crippen LogP contribution is 2.24. The van der Waals surface area contributed by atoms with Crippen LogP contribution in [-0.4, -0.2) is 47.3 Å². The van der Waals surface area contributed by atoms with Crippen molar-refractivity contribution in [2.24, 2.45) is 29.6 Å². The molecule has 1 amide bonds. The summed E-state index contributed by atoms with van der Waals surface area (Å²) >= 11 is 4.08. The normalized spacial score (nSPS) is 22.4. The van der Waals surface area contributed by atoms with Crippen LogP contribution in [0, 0.1) is 29.6 Å². The van der Waals surface area contributed by atoms with Crippen LogP contribution in [0.25, 0.3) is 0 Å². The molecule has 0 spiro atoms. The summed E-state index contributed by atoms with van der Waals surface area (Å²) in [6.45, 7) is 16.1. The van der Waals surface area contributed by atoms with Gasteiger partial charge in [0.05, 0.1) is 6.10 Å². The third kappa shape index (κ3) is 14.2. The first-order valence-corrected chi connectivity index (χ1v) is 15.3. The molecule has 0 saturated carbocycles. The van der Waals surface area contributed by atoms with Crippen LogP contribution in [-0.2, 0) is 19.1 Å². The number of amides is 1. The Morgan fingerprint density at radius 3 is 2.41 bits per heavy atom. The van der Waals surface area contributed by atoms with E-state index in [1.54, 1.807) is 13.0 Å². The second-order valence-electron chi connectivity index (χ2n) is 11.6. The van der Waals surface area contributed by atoms with Crippen LogP contribution in [0.4, 0.5) is 0 Å². The van der Waals surface area contributed by atoms with Gasteiger partial charge in [-0.05, 0) is 51.5 Å². The zero-order valence-corrected chi connectivity index (χ0v) is 27.0. The van der Waals surface area contributed by atoms with Gasteiger partial charge >= 0.3 is 5.97 Å². The van der Waals surface area contributed by atoms with Gasteiger partial charge in [0.1, 0.15) is 11.9 Å². The number of aliphatic hydroxyl groups is 1. The molecule has 0 aliphatic carbocycles. The molecule has 41 heavy (non-hydrogen) atoms. The largest absolute Gasteiger partial charge is 0.454 e. The maximum Gasteiger partial charge on any atom is 0.331 e. The molecular formula is C34H51NO5S. The topological polar surface area (TPSA) is 92.7 Å². The summed E-state index contributed by atoms with van der Waals surface area (Å²) in [6.07, 6.45) is 17.5. The molecule has 7 heteroatoms. The number of ketones is 1. The molecule has 6 nitrogen and oxygen atoms in total. The van der Waals surface area contributed by atoms with Crippen molar-refractivity contribution in [1.29, 1.82) is 0 Å². The maximum atomic E-state index is 13.1. The molecule has 0 saturated heterocycles. The van der Waals surface area contributed by atoms with Crippen LogP contribution in [0.15, 0.2) is 71.4 Å². The molecule has 1 aliphatic heterocycles. The van der Waals surface area contributed by atoms with E-state index in [2.05, 4.69) is 37.0 Å². The molecule has 0 fully saturated rings. The van der Waals surface area contributed by atoms with E-state index in [1.807, 2.05) is 71.9 Å². The summed E-state index contributed by atoms with van der Waals surface area (Å²) in [5.41, 5.74) is 2.97. The van der Waals surface area contributed by atoms with Crippen LogP contribution >= 0.6 is 12.6 Å². The van der Waals surface area contributed by atoms with Crippen LogP contribution in [0.3, 0.4) is 0 Å². The van der Waals surface area contributed by atoms with Crippen LogP contribution in [0.2, 0.25) is 0 Å². The van der Waals surface area contributed by atoms with Crippen molar-refractivity contribution in [3.05, 3.63) is 71.4 Å². The number of cyclic esters (lactones) is 1. The number of aliphatic hydroxyl groups excluding tert-OH is 1. The van der Waals surface area contributed by atoms with Gasteiger partial charge in [0, 0.05) is 42.2 Å². The highest BCUT2D eigenvalue weighted by atomic mass is 32.1. The maximum absolute atomic E-state index is 13.1. The van der Waals surface area contributed by atoms with Crippen LogP contribution in [0.5, 0.6) is 0 Å². The van der Waals surface area contributed by atoms with Gasteiger partial charge in [-0.1, -0.05) is 87.8 Å². The minimum atomic E-state index is -0.798. The predicted molar refractivity (Wildman–Crippen MR) is 172 cm³/mol. The number of Topliss-reactive ketones (excluding diaryl/α,β-unsaturated/α-hetero) is 1. The first-order chi connectivity index (χ1) is 19.2. The zero-order chi connectivity index (χ0) is 31.1. The fraction of sp³-hybridized carbons (Fsp3) is 0.559. The Balaban J connectivity index is 2.62. The number of rotatable bonds is 16. The van der Waals surface area contributed by atoms with Crippen LogP contribution in [0.1, 0.15) is 68.2 Å². The van der Waals surface area contributed by atoms with Gasteiger partial charge in [-0.3, -0.25) is 9.59 Å². The Labute approximate surface area is 253 Å². The van der Waals surface area contributed by atoms with Crippen molar-refractivity contribution < 1.29 is 24.2 Å². The fourth-order valence-electron chi connectivity index (χ4n) is 4.87. The van der Waals surface area contributed by atoms with E-state index in [0.29, 0.717) is 24.6 Å². The third-order valence-electron chi connectivity index (χ3n) is 7.23. The Hall–Kier alpha value is -2.64. The summed E-state index contributed by atoms with van der Waals surface area (Å²) in [6, 6.07) is 0. The summed E-state index contributed by atoms with van der Waals surface area (Å²) < 4.78 is 5.36. The monoisotopic (exact) mass is 585 g/mol. The molecule has 228 valence electrons. The average Bonchev–Trinajstić information content (AvgIpc) is 2.90. The van der Waals surface area contributed by atoms with Gasteiger partial charge in [0.2, 0.25) is 5.91 Å². The lowest BCUT2D eigenvalue weighted by molar-refractivity contribution is -0.143. The first-order valence-electron chi connectivity index (χ1n) is 14.6. The summed E-state index contributed by atoms with van der Waals surface area (Å²) in [7, 11) is 0. The second kappa shape index (κ2) is 18.7. The number of thiol groups is 1. The molecule has 3 unspecified atom stereocenters. The molecule has 0 bridgehead atoms.